The van der Waals surface area contributed by atoms with Crippen molar-refractivity contribution in [2.45, 2.75) is 6.92 Å². The lowest BCUT2D eigenvalue weighted by molar-refractivity contribution is 0.102. The molecule has 0 saturated carbocycles. The highest BCUT2D eigenvalue weighted by atomic mass is 79.9. The predicted molar refractivity (Wildman–Crippen MR) is 85.4 cm³/mol. The first-order chi connectivity index (χ1) is 8.99. The van der Waals surface area contributed by atoms with Gasteiger partial charge in [0, 0.05) is 14.6 Å². The average Bonchev–Trinajstić information content (AvgIpc) is 2.36. The molecule has 0 heterocycles. The lowest BCUT2D eigenvalue weighted by atomic mass is 10.1. The number of aryl methyl sites for hydroxylation is 1. The molecule has 5 heteroatoms. The van der Waals surface area contributed by atoms with Gasteiger partial charge in [-0.05, 0) is 68.6 Å². The van der Waals surface area contributed by atoms with Gasteiger partial charge in [-0.15, -0.1) is 0 Å². The van der Waals surface area contributed by atoms with E-state index in [0.717, 1.165) is 14.5 Å². The molecule has 0 aliphatic rings. The summed E-state index contributed by atoms with van der Waals surface area (Å²) >= 11 is 6.81. The lowest BCUT2D eigenvalue weighted by Crippen LogP contribution is -2.13. The molecule has 0 aliphatic carbocycles. The molecular formula is C14H12Br2N2O. The largest absolute Gasteiger partial charge is 0.399 e. The third-order valence-electron chi connectivity index (χ3n) is 2.68. The molecule has 2 aromatic rings. The standard InChI is InChI=1S/C14H12Br2N2O/c1-8-3-2-4-10(13(8)16)14(19)18-12-6-5-9(17)7-11(12)15/h2-7H,17H2,1H3,(H,18,19). The van der Waals surface area contributed by atoms with Crippen LogP contribution in [0.5, 0.6) is 0 Å². The van der Waals surface area contributed by atoms with Crippen molar-refractivity contribution in [2.75, 3.05) is 11.1 Å². The van der Waals surface area contributed by atoms with E-state index in [9.17, 15) is 4.79 Å². The van der Waals surface area contributed by atoms with Crippen LogP contribution in [0.4, 0.5) is 11.4 Å². The Kier molecular flexibility index (Phi) is 4.27. The number of carbonyl (C=O) groups excluding carboxylic acids is 1. The van der Waals surface area contributed by atoms with Crippen LogP contribution < -0.4 is 11.1 Å². The highest BCUT2D eigenvalue weighted by molar-refractivity contribution is 9.11. The first kappa shape index (κ1) is 14.1. The number of nitrogens with one attached hydrogen (secondary N) is 1. The first-order valence-corrected chi connectivity index (χ1v) is 7.19. The van der Waals surface area contributed by atoms with Gasteiger partial charge in [-0.1, -0.05) is 12.1 Å². The molecule has 0 atom stereocenters. The lowest BCUT2D eigenvalue weighted by Gasteiger charge is -2.10. The van der Waals surface area contributed by atoms with Gasteiger partial charge in [-0.3, -0.25) is 4.79 Å². The summed E-state index contributed by atoms with van der Waals surface area (Å²) < 4.78 is 1.56. The smallest absolute Gasteiger partial charge is 0.256 e. The second-order valence-electron chi connectivity index (χ2n) is 4.13. The van der Waals surface area contributed by atoms with Crippen LogP contribution in [0.25, 0.3) is 0 Å². The van der Waals surface area contributed by atoms with Gasteiger partial charge in [0.25, 0.3) is 5.91 Å². The van der Waals surface area contributed by atoms with E-state index >= 15 is 0 Å². The molecule has 3 N–H and O–H groups in total. The predicted octanol–water partition coefficient (Wildman–Crippen LogP) is 4.35. The minimum atomic E-state index is -0.166. The van der Waals surface area contributed by atoms with Gasteiger partial charge in [0.15, 0.2) is 0 Å². The second kappa shape index (κ2) is 5.75. The maximum Gasteiger partial charge on any atom is 0.256 e. The normalized spacial score (nSPS) is 10.3. The van der Waals surface area contributed by atoms with E-state index in [0.29, 0.717) is 16.9 Å². The van der Waals surface area contributed by atoms with Crippen molar-refractivity contribution in [3.05, 3.63) is 56.5 Å². The Bertz CT molecular complexity index is 641. The van der Waals surface area contributed by atoms with Crippen molar-refractivity contribution in [1.29, 1.82) is 0 Å². The fourth-order valence-corrected chi connectivity index (χ4v) is 2.59. The Morgan fingerprint density at radius 3 is 2.63 bits per heavy atom. The minimum Gasteiger partial charge on any atom is -0.399 e. The number of hydrogen-bond acceptors (Lipinski definition) is 2. The van der Waals surface area contributed by atoms with Crippen molar-refractivity contribution in [3.8, 4) is 0 Å². The Morgan fingerprint density at radius 1 is 1.21 bits per heavy atom. The van der Waals surface area contributed by atoms with E-state index in [1.165, 1.54) is 0 Å². The number of nitrogens with two attached hydrogens (primary N) is 1. The van der Waals surface area contributed by atoms with Crippen LogP contribution in [0.3, 0.4) is 0 Å². The second-order valence-corrected chi connectivity index (χ2v) is 5.78. The summed E-state index contributed by atoms with van der Waals surface area (Å²) in [5.41, 5.74) is 8.61. The van der Waals surface area contributed by atoms with Crippen molar-refractivity contribution in [3.63, 3.8) is 0 Å². The molecule has 2 rings (SSSR count). The molecular weight excluding hydrogens is 372 g/mol. The fraction of sp³-hybridized carbons (Fsp3) is 0.0714. The van der Waals surface area contributed by atoms with E-state index in [-0.39, 0.29) is 5.91 Å². The van der Waals surface area contributed by atoms with Crippen molar-refractivity contribution < 1.29 is 4.79 Å². The fourth-order valence-electron chi connectivity index (χ4n) is 1.65. The number of anilines is 2. The molecule has 0 unspecified atom stereocenters. The molecule has 2 aromatic carbocycles. The van der Waals surface area contributed by atoms with E-state index in [1.807, 2.05) is 19.1 Å². The monoisotopic (exact) mass is 382 g/mol. The van der Waals surface area contributed by atoms with Gasteiger partial charge in [-0.2, -0.15) is 0 Å². The number of rotatable bonds is 2. The topological polar surface area (TPSA) is 55.1 Å². The zero-order chi connectivity index (χ0) is 14.0. The van der Waals surface area contributed by atoms with Crippen LogP contribution in [0.2, 0.25) is 0 Å². The molecule has 0 saturated heterocycles. The third-order valence-corrected chi connectivity index (χ3v) is 4.39. The molecule has 19 heavy (non-hydrogen) atoms. The highest BCUT2D eigenvalue weighted by Gasteiger charge is 2.12. The summed E-state index contributed by atoms with van der Waals surface area (Å²) in [7, 11) is 0. The minimum absolute atomic E-state index is 0.166. The van der Waals surface area contributed by atoms with Crippen LogP contribution in [0, 0.1) is 6.92 Å². The van der Waals surface area contributed by atoms with Crippen LogP contribution in [-0.4, -0.2) is 5.91 Å². The number of carbonyl (C=O) groups is 1. The van der Waals surface area contributed by atoms with Gasteiger partial charge in [0.05, 0.1) is 11.3 Å². The molecule has 0 radical (unpaired) electrons. The summed E-state index contributed by atoms with van der Waals surface area (Å²) in [6.45, 7) is 1.94. The Balaban J connectivity index is 2.28. The number of amides is 1. The summed E-state index contributed by atoms with van der Waals surface area (Å²) in [6.07, 6.45) is 0. The van der Waals surface area contributed by atoms with Crippen molar-refractivity contribution >= 4 is 49.1 Å². The summed E-state index contributed by atoms with van der Waals surface area (Å²) in [4.78, 5) is 12.2. The summed E-state index contributed by atoms with van der Waals surface area (Å²) in [6, 6.07) is 10.8. The molecule has 0 bridgehead atoms. The van der Waals surface area contributed by atoms with E-state index in [4.69, 9.17) is 5.73 Å². The number of halogens is 2. The zero-order valence-corrected chi connectivity index (χ0v) is 13.4. The van der Waals surface area contributed by atoms with E-state index in [1.54, 1.807) is 24.3 Å². The Morgan fingerprint density at radius 2 is 1.95 bits per heavy atom. The van der Waals surface area contributed by atoms with Crippen LogP contribution in [0.1, 0.15) is 15.9 Å². The van der Waals surface area contributed by atoms with Crippen molar-refractivity contribution in [1.82, 2.24) is 0 Å². The maximum atomic E-state index is 12.2. The SMILES string of the molecule is Cc1cccc(C(=O)Nc2ccc(N)cc2Br)c1Br. The molecule has 0 spiro atoms. The molecule has 98 valence electrons. The summed E-state index contributed by atoms with van der Waals surface area (Å²) in [5.74, 6) is -0.166. The average molecular weight is 384 g/mol. The van der Waals surface area contributed by atoms with E-state index in [2.05, 4.69) is 37.2 Å². The Labute approximate surface area is 128 Å². The molecule has 0 aromatic heterocycles. The molecule has 1 amide bonds. The van der Waals surface area contributed by atoms with Gasteiger partial charge in [0.2, 0.25) is 0 Å². The molecule has 0 aliphatic heterocycles. The van der Waals surface area contributed by atoms with Gasteiger partial charge >= 0.3 is 0 Å². The van der Waals surface area contributed by atoms with E-state index < -0.39 is 0 Å². The number of nitrogen functional groups attached to an aromatic ring is 1. The number of hydrogen-bond donors (Lipinski definition) is 2. The Hall–Kier alpha value is -1.33. The van der Waals surface area contributed by atoms with Gasteiger partial charge < -0.3 is 11.1 Å². The number of benzene rings is 2. The first-order valence-electron chi connectivity index (χ1n) is 5.60. The summed E-state index contributed by atoms with van der Waals surface area (Å²) in [5, 5.41) is 2.85. The molecule has 0 fully saturated rings. The van der Waals surface area contributed by atoms with Crippen LogP contribution in [-0.2, 0) is 0 Å². The van der Waals surface area contributed by atoms with Gasteiger partial charge in [-0.25, -0.2) is 0 Å². The van der Waals surface area contributed by atoms with Crippen LogP contribution >= 0.6 is 31.9 Å². The van der Waals surface area contributed by atoms with Crippen LogP contribution in [0.15, 0.2) is 45.3 Å². The van der Waals surface area contributed by atoms with Crippen molar-refractivity contribution in [2.24, 2.45) is 0 Å². The maximum absolute atomic E-state index is 12.2. The zero-order valence-electron chi connectivity index (χ0n) is 10.2. The molecule has 3 nitrogen and oxygen atoms in total. The highest BCUT2D eigenvalue weighted by Crippen LogP contribution is 2.27. The van der Waals surface area contributed by atoms with Gasteiger partial charge in [0.1, 0.15) is 0 Å². The quantitative estimate of drug-likeness (QED) is 0.757. The third kappa shape index (κ3) is 3.16.